The number of sulfonamides is 1. The maximum atomic E-state index is 11.9. The molecule has 0 bridgehead atoms. The third-order valence-corrected chi connectivity index (χ3v) is 4.11. The van der Waals surface area contributed by atoms with Crippen LogP contribution in [0.4, 0.5) is 0 Å². The molecule has 3 N–H and O–H groups in total. The lowest BCUT2D eigenvalue weighted by atomic mass is 10.0. The van der Waals surface area contributed by atoms with Crippen molar-refractivity contribution in [1.82, 2.24) is 19.8 Å². The van der Waals surface area contributed by atoms with Gasteiger partial charge in [0.25, 0.3) is 0 Å². The summed E-state index contributed by atoms with van der Waals surface area (Å²) in [5.41, 5.74) is 0. The highest BCUT2D eigenvalue weighted by Crippen LogP contribution is 2.06. The zero-order valence-corrected chi connectivity index (χ0v) is 13.4. The summed E-state index contributed by atoms with van der Waals surface area (Å²) < 4.78 is 27.2. The molecule has 10 heteroatoms. The average Bonchev–Trinajstić information content (AvgIpc) is 2.82. The molecule has 9 nitrogen and oxygen atoms in total. The lowest BCUT2D eigenvalue weighted by molar-refractivity contribution is -0.142. The molecule has 1 amide bonds. The third kappa shape index (κ3) is 5.45. The van der Waals surface area contributed by atoms with E-state index in [1.165, 1.54) is 10.9 Å². The average molecular weight is 332 g/mol. The predicted molar refractivity (Wildman–Crippen MR) is 77.4 cm³/mol. The van der Waals surface area contributed by atoms with E-state index in [0.29, 0.717) is 0 Å². The number of carboxylic acids is 1. The van der Waals surface area contributed by atoms with E-state index in [0.717, 1.165) is 6.20 Å². The first-order valence-electron chi connectivity index (χ1n) is 6.62. The van der Waals surface area contributed by atoms with Crippen LogP contribution >= 0.6 is 0 Å². The van der Waals surface area contributed by atoms with E-state index in [9.17, 15) is 18.0 Å². The summed E-state index contributed by atoms with van der Waals surface area (Å²) in [4.78, 5) is 22.7. The van der Waals surface area contributed by atoms with Crippen LogP contribution in [0.3, 0.4) is 0 Å². The van der Waals surface area contributed by atoms with Crippen LogP contribution in [0, 0.1) is 5.92 Å². The van der Waals surface area contributed by atoms with Gasteiger partial charge in [-0.3, -0.25) is 9.48 Å². The molecule has 0 radical (unpaired) electrons. The molecule has 124 valence electrons. The first kappa shape index (κ1) is 18.1. The van der Waals surface area contributed by atoms with Crippen LogP contribution in [0.25, 0.3) is 0 Å². The number of carbonyl (C=O) groups excluding carboxylic acids is 1. The Balaban J connectivity index is 2.60. The number of nitrogens with zero attached hydrogens (tertiary/aromatic N) is 2. The van der Waals surface area contributed by atoms with Crippen LogP contribution in [-0.2, 0) is 26.7 Å². The van der Waals surface area contributed by atoms with Crippen molar-refractivity contribution in [2.75, 3.05) is 6.54 Å². The van der Waals surface area contributed by atoms with Crippen LogP contribution in [0.2, 0.25) is 0 Å². The molecule has 1 aromatic heterocycles. The highest BCUT2D eigenvalue weighted by atomic mass is 32.2. The van der Waals surface area contributed by atoms with E-state index in [1.807, 2.05) is 13.8 Å². The predicted octanol–water partition coefficient (Wildman–Crippen LogP) is -0.686. The van der Waals surface area contributed by atoms with E-state index < -0.39 is 34.5 Å². The minimum absolute atomic E-state index is 0.0697. The van der Waals surface area contributed by atoms with Gasteiger partial charge >= 0.3 is 5.97 Å². The maximum absolute atomic E-state index is 11.9. The number of hydrogen-bond donors (Lipinski definition) is 3. The molecule has 0 saturated carbocycles. The Kier molecular flexibility index (Phi) is 6.06. The largest absolute Gasteiger partial charge is 0.480 e. The summed E-state index contributed by atoms with van der Waals surface area (Å²) in [5.74, 6) is -1.79. The SMILES string of the molecule is CC(C)CC(NC(=O)CNS(=O)(=O)c1cnn(C)c1)C(=O)O. The van der Waals surface area contributed by atoms with Crippen molar-refractivity contribution in [3.8, 4) is 0 Å². The maximum Gasteiger partial charge on any atom is 0.326 e. The second kappa shape index (κ2) is 7.36. The molecule has 0 aliphatic heterocycles. The lowest BCUT2D eigenvalue weighted by Crippen LogP contribution is -2.46. The van der Waals surface area contributed by atoms with Crippen LogP contribution in [-0.4, -0.2) is 47.8 Å². The number of carboxylic acid groups (broad SMARTS) is 1. The molecule has 0 aliphatic rings. The Hall–Kier alpha value is -1.94. The second-order valence-electron chi connectivity index (χ2n) is 5.26. The van der Waals surface area contributed by atoms with Crippen LogP contribution in [0.5, 0.6) is 0 Å². The summed E-state index contributed by atoms with van der Waals surface area (Å²) in [6, 6.07) is -1.05. The van der Waals surface area contributed by atoms with Crippen molar-refractivity contribution in [3.63, 3.8) is 0 Å². The summed E-state index contributed by atoms with van der Waals surface area (Å²) in [5, 5.41) is 15.0. The van der Waals surface area contributed by atoms with Gasteiger partial charge < -0.3 is 10.4 Å². The van der Waals surface area contributed by atoms with Gasteiger partial charge in [0.05, 0.1) is 12.7 Å². The standard InChI is InChI=1S/C12H20N4O5S/c1-8(2)4-10(12(18)19)15-11(17)6-14-22(20,21)9-5-13-16(3)7-9/h5,7-8,10,14H,4,6H2,1-3H3,(H,15,17)(H,18,19). The highest BCUT2D eigenvalue weighted by molar-refractivity contribution is 7.89. The first-order chi connectivity index (χ1) is 10.1. The summed E-state index contributed by atoms with van der Waals surface area (Å²) >= 11 is 0. The van der Waals surface area contributed by atoms with E-state index in [1.54, 1.807) is 7.05 Å². The molecule has 22 heavy (non-hydrogen) atoms. The van der Waals surface area contributed by atoms with Crippen LogP contribution < -0.4 is 10.0 Å². The molecule has 0 fully saturated rings. The molecule has 1 rings (SSSR count). The Morgan fingerprint density at radius 1 is 1.41 bits per heavy atom. The number of hydrogen-bond acceptors (Lipinski definition) is 5. The zero-order valence-electron chi connectivity index (χ0n) is 12.6. The quantitative estimate of drug-likeness (QED) is 0.578. The second-order valence-corrected chi connectivity index (χ2v) is 7.03. The van der Waals surface area contributed by atoms with Crippen LogP contribution in [0.15, 0.2) is 17.3 Å². The number of aryl methyl sites for hydroxylation is 1. The summed E-state index contributed by atoms with van der Waals surface area (Å²) in [6.45, 7) is 3.11. The van der Waals surface area contributed by atoms with Crippen molar-refractivity contribution in [1.29, 1.82) is 0 Å². The van der Waals surface area contributed by atoms with E-state index in [4.69, 9.17) is 5.11 Å². The Morgan fingerprint density at radius 2 is 2.05 bits per heavy atom. The molecule has 0 spiro atoms. The van der Waals surface area contributed by atoms with Gasteiger partial charge in [0, 0.05) is 13.2 Å². The fourth-order valence-corrected chi connectivity index (χ4v) is 2.68. The zero-order chi connectivity index (χ0) is 16.9. The van der Waals surface area contributed by atoms with Crippen molar-refractivity contribution < 1.29 is 23.1 Å². The number of aromatic nitrogens is 2. The Labute approximate surface area is 128 Å². The Bertz CT molecular complexity index is 638. The molecule has 0 aliphatic carbocycles. The Morgan fingerprint density at radius 3 is 2.50 bits per heavy atom. The minimum Gasteiger partial charge on any atom is -0.480 e. The van der Waals surface area contributed by atoms with Crippen molar-refractivity contribution >= 4 is 21.9 Å². The number of nitrogens with one attached hydrogen (secondary N) is 2. The number of rotatable bonds is 8. The molecule has 1 atom stereocenters. The van der Waals surface area contributed by atoms with Crippen molar-refractivity contribution in [2.24, 2.45) is 13.0 Å². The fraction of sp³-hybridized carbons (Fsp3) is 0.583. The van der Waals surface area contributed by atoms with Gasteiger partial charge in [-0.15, -0.1) is 0 Å². The van der Waals surface area contributed by atoms with Gasteiger partial charge in [-0.1, -0.05) is 13.8 Å². The minimum atomic E-state index is -3.86. The van der Waals surface area contributed by atoms with E-state index in [2.05, 4.69) is 15.1 Å². The van der Waals surface area contributed by atoms with Gasteiger partial charge in [0.2, 0.25) is 15.9 Å². The molecule has 1 aromatic rings. The molecular formula is C12H20N4O5S. The van der Waals surface area contributed by atoms with Crippen LogP contribution in [0.1, 0.15) is 20.3 Å². The van der Waals surface area contributed by atoms with Gasteiger partial charge in [0.1, 0.15) is 10.9 Å². The smallest absolute Gasteiger partial charge is 0.326 e. The van der Waals surface area contributed by atoms with Gasteiger partial charge in [0.15, 0.2) is 0 Å². The van der Waals surface area contributed by atoms with Gasteiger partial charge in [-0.25, -0.2) is 17.9 Å². The molecular weight excluding hydrogens is 312 g/mol. The first-order valence-corrected chi connectivity index (χ1v) is 8.10. The monoisotopic (exact) mass is 332 g/mol. The molecule has 0 aromatic carbocycles. The number of aliphatic carboxylic acids is 1. The van der Waals surface area contributed by atoms with Gasteiger partial charge in [-0.05, 0) is 12.3 Å². The molecule has 1 unspecified atom stereocenters. The highest BCUT2D eigenvalue weighted by Gasteiger charge is 2.22. The summed E-state index contributed by atoms with van der Waals surface area (Å²) in [7, 11) is -2.29. The normalized spacial score (nSPS) is 13.1. The molecule has 0 saturated heterocycles. The molecule has 1 heterocycles. The fourth-order valence-electron chi connectivity index (χ4n) is 1.72. The number of amides is 1. The third-order valence-electron chi connectivity index (χ3n) is 2.75. The van der Waals surface area contributed by atoms with E-state index >= 15 is 0 Å². The number of carbonyl (C=O) groups is 2. The van der Waals surface area contributed by atoms with E-state index in [-0.39, 0.29) is 17.2 Å². The van der Waals surface area contributed by atoms with Crippen molar-refractivity contribution in [3.05, 3.63) is 12.4 Å². The topological polar surface area (TPSA) is 130 Å². The van der Waals surface area contributed by atoms with Crippen molar-refractivity contribution in [2.45, 2.75) is 31.2 Å². The summed E-state index contributed by atoms with van der Waals surface area (Å²) in [6.07, 6.45) is 2.70. The lowest BCUT2D eigenvalue weighted by Gasteiger charge is -2.16. The van der Waals surface area contributed by atoms with Gasteiger partial charge in [-0.2, -0.15) is 5.10 Å².